The number of halogens is 1. The summed E-state index contributed by atoms with van der Waals surface area (Å²) in [7, 11) is 1.56. The van der Waals surface area contributed by atoms with E-state index in [-0.39, 0.29) is 16.8 Å². The van der Waals surface area contributed by atoms with Gasteiger partial charge in [0, 0.05) is 23.4 Å². The number of benzene rings is 3. The number of ether oxygens (including phenoxy) is 1. The minimum absolute atomic E-state index is 0.238. The molecular formula is C26H25ClN2O4. The molecule has 0 aliphatic carbocycles. The molecule has 1 heterocycles. The van der Waals surface area contributed by atoms with E-state index in [1.54, 1.807) is 54.5 Å². The average molecular weight is 465 g/mol. The van der Waals surface area contributed by atoms with Gasteiger partial charge in [-0.1, -0.05) is 29.8 Å². The van der Waals surface area contributed by atoms with Crippen LogP contribution in [0.1, 0.15) is 50.8 Å². The normalized spacial score (nSPS) is 15.4. The van der Waals surface area contributed by atoms with Gasteiger partial charge in [-0.15, -0.1) is 0 Å². The first-order chi connectivity index (χ1) is 15.9. The Bertz CT molecular complexity index is 1210. The number of anilines is 2. The van der Waals surface area contributed by atoms with E-state index in [9.17, 15) is 14.7 Å². The summed E-state index contributed by atoms with van der Waals surface area (Å²) in [5, 5.41) is 13.6. The molecule has 6 nitrogen and oxygen atoms in total. The molecule has 0 saturated carbocycles. The first-order valence-electron chi connectivity index (χ1n) is 10.7. The summed E-state index contributed by atoms with van der Waals surface area (Å²) >= 11 is 6.48. The van der Waals surface area contributed by atoms with Crippen LogP contribution in [0.2, 0.25) is 5.02 Å². The van der Waals surface area contributed by atoms with Gasteiger partial charge in [-0.2, -0.15) is 0 Å². The number of aliphatic hydroxyl groups excluding tert-OH is 1. The number of amides is 2. The molecular weight excluding hydrogens is 440 g/mol. The predicted molar refractivity (Wildman–Crippen MR) is 129 cm³/mol. The second-order valence-corrected chi connectivity index (χ2v) is 8.41. The number of aliphatic hydroxyl groups is 1. The number of methoxy groups -OCH3 is 1. The number of hydrogen-bond donors (Lipinski definition) is 2. The quantitative estimate of drug-likeness (QED) is 0.543. The highest BCUT2D eigenvalue weighted by Crippen LogP contribution is 2.37. The van der Waals surface area contributed by atoms with E-state index in [0.29, 0.717) is 53.2 Å². The van der Waals surface area contributed by atoms with Gasteiger partial charge < -0.3 is 20.1 Å². The molecule has 0 spiro atoms. The minimum atomic E-state index is -0.678. The van der Waals surface area contributed by atoms with E-state index in [1.807, 2.05) is 25.1 Å². The Morgan fingerprint density at radius 1 is 1.09 bits per heavy atom. The Morgan fingerprint density at radius 3 is 2.61 bits per heavy atom. The second kappa shape index (κ2) is 9.65. The molecule has 0 bridgehead atoms. The van der Waals surface area contributed by atoms with E-state index in [0.717, 1.165) is 5.56 Å². The van der Waals surface area contributed by atoms with Crippen LogP contribution >= 0.6 is 11.6 Å². The van der Waals surface area contributed by atoms with E-state index >= 15 is 0 Å². The molecule has 0 aromatic heterocycles. The molecule has 33 heavy (non-hydrogen) atoms. The Hall–Kier alpha value is -3.35. The monoisotopic (exact) mass is 464 g/mol. The van der Waals surface area contributed by atoms with Crippen molar-refractivity contribution in [1.82, 2.24) is 0 Å². The summed E-state index contributed by atoms with van der Waals surface area (Å²) in [6, 6.07) is 17.5. The van der Waals surface area contributed by atoms with Crippen molar-refractivity contribution in [3.05, 3.63) is 87.9 Å². The fourth-order valence-corrected chi connectivity index (χ4v) is 4.30. The molecule has 0 radical (unpaired) electrons. The van der Waals surface area contributed by atoms with Crippen molar-refractivity contribution in [3.63, 3.8) is 0 Å². The van der Waals surface area contributed by atoms with E-state index in [1.165, 1.54) is 0 Å². The van der Waals surface area contributed by atoms with Crippen LogP contribution in [0.5, 0.6) is 5.75 Å². The van der Waals surface area contributed by atoms with Crippen molar-refractivity contribution >= 4 is 34.8 Å². The topological polar surface area (TPSA) is 78.9 Å². The van der Waals surface area contributed by atoms with Crippen molar-refractivity contribution < 1.29 is 19.4 Å². The van der Waals surface area contributed by atoms with Crippen LogP contribution < -0.4 is 15.0 Å². The summed E-state index contributed by atoms with van der Waals surface area (Å²) in [4.78, 5) is 27.7. The van der Waals surface area contributed by atoms with Gasteiger partial charge in [-0.25, -0.2) is 0 Å². The van der Waals surface area contributed by atoms with Crippen LogP contribution in [0.4, 0.5) is 11.4 Å². The molecule has 0 saturated heterocycles. The highest BCUT2D eigenvalue weighted by atomic mass is 35.5. The Kier molecular flexibility index (Phi) is 6.67. The van der Waals surface area contributed by atoms with E-state index < -0.39 is 6.10 Å². The molecule has 1 aliphatic heterocycles. The minimum Gasteiger partial charge on any atom is -0.497 e. The van der Waals surface area contributed by atoms with Gasteiger partial charge in [0.05, 0.1) is 29.5 Å². The Morgan fingerprint density at radius 2 is 1.88 bits per heavy atom. The van der Waals surface area contributed by atoms with E-state index in [4.69, 9.17) is 16.3 Å². The summed E-state index contributed by atoms with van der Waals surface area (Å²) in [5.41, 5.74) is 3.55. The Labute approximate surface area is 197 Å². The zero-order valence-electron chi connectivity index (χ0n) is 18.5. The third kappa shape index (κ3) is 4.72. The fraction of sp³-hybridized carbons (Fsp3) is 0.231. The summed E-state index contributed by atoms with van der Waals surface area (Å²) in [5.74, 6) is 0.110. The lowest BCUT2D eigenvalue weighted by Crippen LogP contribution is -2.32. The number of carbonyl (C=O) groups excluding carboxylic acids is 2. The van der Waals surface area contributed by atoms with Gasteiger partial charge in [0.2, 0.25) is 0 Å². The molecule has 3 aromatic carbocycles. The average Bonchev–Trinajstić information content (AvgIpc) is 2.97. The zero-order chi connectivity index (χ0) is 23.5. The van der Waals surface area contributed by atoms with Crippen molar-refractivity contribution in [2.75, 3.05) is 23.9 Å². The lowest BCUT2D eigenvalue weighted by molar-refractivity contribution is 0.0985. The smallest absolute Gasteiger partial charge is 0.259 e. The standard InChI is InChI=1S/C26H25ClN2O4/c1-16-6-3-4-7-19(16)25(31)28-17-9-11-20(22(27)14-17)26(32)29-13-5-8-24(30)21-15-18(33-2)10-12-23(21)29/h3-4,6-7,9-12,14-15,24,30H,5,8,13H2,1-2H3,(H,28,31). The van der Waals surface area contributed by atoms with Gasteiger partial charge in [-0.05, 0) is 67.8 Å². The molecule has 2 amide bonds. The highest BCUT2D eigenvalue weighted by molar-refractivity contribution is 6.35. The van der Waals surface area contributed by atoms with Crippen molar-refractivity contribution in [2.24, 2.45) is 0 Å². The summed E-state index contributed by atoms with van der Waals surface area (Å²) < 4.78 is 5.28. The van der Waals surface area contributed by atoms with Crippen molar-refractivity contribution in [2.45, 2.75) is 25.9 Å². The number of fused-ring (bicyclic) bond motifs is 1. The van der Waals surface area contributed by atoms with Gasteiger partial charge >= 0.3 is 0 Å². The highest BCUT2D eigenvalue weighted by Gasteiger charge is 2.28. The maximum atomic E-state index is 13.4. The number of hydrogen-bond acceptors (Lipinski definition) is 4. The first kappa shape index (κ1) is 22.8. The van der Waals surface area contributed by atoms with Crippen LogP contribution in [0.3, 0.4) is 0 Å². The van der Waals surface area contributed by atoms with Crippen molar-refractivity contribution in [1.29, 1.82) is 0 Å². The summed E-state index contributed by atoms with van der Waals surface area (Å²) in [6.07, 6.45) is 0.510. The molecule has 2 N–H and O–H groups in total. The lowest BCUT2D eigenvalue weighted by Gasteiger charge is -2.24. The maximum Gasteiger partial charge on any atom is 0.259 e. The molecule has 7 heteroatoms. The van der Waals surface area contributed by atoms with Crippen LogP contribution in [0.25, 0.3) is 0 Å². The number of nitrogens with one attached hydrogen (secondary N) is 1. The second-order valence-electron chi connectivity index (χ2n) is 8.00. The van der Waals surface area contributed by atoms with Gasteiger partial charge in [0.15, 0.2) is 0 Å². The molecule has 170 valence electrons. The maximum absolute atomic E-state index is 13.4. The fourth-order valence-electron chi connectivity index (χ4n) is 4.04. The number of rotatable bonds is 4. The van der Waals surface area contributed by atoms with Crippen LogP contribution in [0, 0.1) is 6.92 Å². The third-order valence-corrected chi connectivity index (χ3v) is 6.15. The SMILES string of the molecule is COc1ccc2c(c1)C(O)CCCN2C(=O)c1ccc(NC(=O)c2ccccc2C)cc1Cl. The van der Waals surface area contributed by atoms with Gasteiger partial charge in [-0.3, -0.25) is 9.59 Å². The van der Waals surface area contributed by atoms with Gasteiger partial charge in [0.1, 0.15) is 5.75 Å². The zero-order valence-corrected chi connectivity index (χ0v) is 19.2. The van der Waals surface area contributed by atoms with Crippen molar-refractivity contribution in [3.8, 4) is 5.75 Å². The number of aryl methyl sites for hydroxylation is 1. The molecule has 0 fully saturated rings. The first-order valence-corrected chi connectivity index (χ1v) is 11.1. The number of nitrogens with zero attached hydrogens (tertiary/aromatic N) is 1. The van der Waals surface area contributed by atoms with Crippen LogP contribution in [-0.2, 0) is 0 Å². The van der Waals surface area contributed by atoms with E-state index in [2.05, 4.69) is 5.32 Å². The largest absolute Gasteiger partial charge is 0.497 e. The number of carbonyl (C=O) groups is 2. The molecule has 1 atom stereocenters. The molecule has 1 unspecified atom stereocenters. The molecule has 3 aromatic rings. The Balaban J connectivity index is 1.60. The van der Waals surface area contributed by atoms with Crippen LogP contribution in [0.15, 0.2) is 60.7 Å². The predicted octanol–water partition coefficient (Wildman–Crippen LogP) is 5.38. The van der Waals surface area contributed by atoms with Crippen LogP contribution in [-0.4, -0.2) is 30.6 Å². The summed E-state index contributed by atoms with van der Waals surface area (Å²) in [6.45, 7) is 2.33. The lowest BCUT2D eigenvalue weighted by atomic mass is 10.0. The van der Waals surface area contributed by atoms with Gasteiger partial charge in [0.25, 0.3) is 11.8 Å². The third-order valence-electron chi connectivity index (χ3n) is 5.84. The molecule has 1 aliphatic rings. The molecule has 4 rings (SSSR count).